The average molecular weight is 451 g/mol. The van der Waals surface area contributed by atoms with Gasteiger partial charge in [-0.25, -0.2) is 13.4 Å². The molecule has 9 heteroatoms. The maximum atomic E-state index is 13.3. The Labute approximate surface area is 183 Å². The van der Waals surface area contributed by atoms with Crippen LogP contribution in [0.2, 0.25) is 0 Å². The molecular weight excluding hydrogens is 420 g/mol. The van der Waals surface area contributed by atoms with Gasteiger partial charge in [0.05, 0.1) is 4.90 Å². The smallest absolute Gasteiger partial charge is 0.241 e. The van der Waals surface area contributed by atoms with E-state index in [1.54, 1.807) is 46.7 Å². The third kappa shape index (κ3) is 5.80. The minimum atomic E-state index is -3.78. The molecule has 0 aliphatic carbocycles. The van der Waals surface area contributed by atoms with Crippen LogP contribution in [-0.2, 0) is 14.8 Å². The summed E-state index contributed by atoms with van der Waals surface area (Å²) in [5.41, 5.74) is 0.984. The maximum Gasteiger partial charge on any atom is 0.241 e. The average Bonchev–Trinajstić information content (AvgIpc) is 3.11. The number of rotatable bonds is 7. The minimum Gasteiger partial charge on any atom is -0.346 e. The fourth-order valence-electron chi connectivity index (χ4n) is 3.57. The van der Waals surface area contributed by atoms with Crippen molar-refractivity contribution in [1.29, 1.82) is 0 Å². The number of hydrogen-bond donors (Lipinski definition) is 1. The fraction of sp³-hybridized carbons (Fsp3) is 0.524. The summed E-state index contributed by atoms with van der Waals surface area (Å²) in [5.74, 6) is 0.0267. The third-order valence-electron chi connectivity index (χ3n) is 5.13. The monoisotopic (exact) mass is 450 g/mol. The van der Waals surface area contributed by atoms with Gasteiger partial charge in [-0.15, -0.1) is 11.3 Å². The molecule has 1 aliphatic rings. The normalized spacial score (nSPS) is 16.5. The number of nitrogens with zero attached hydrogens (tertiary/aromatic N) is 3. The minimum absolute atomic E-state index is 0.152. The summed E-state index contributed by atoms with van der Waals surface area (Å²) in [6, 6.07) is 5.90. The number of thiazole rings is 1. The van der Waals surface area contributed by atoms with Gasteiger partial charge < -0.3 is 9.80 Å². The van der Waals surface area contributed by atoms with E-state index in [0.717, 1.165) is 23.7 Å². The van der Waals surface area contributed by atoms with Crippen molar-refractivity contribution in [2.45, 2.75) is 44.6 Å². The van der Waals surface area contributed by atoms with E-state index in [1.165, 1.54) is 0 Å². The molecule has 164 valence electrons. The number of carbonyl (C=O) groups is 1. The largest absolute Gasteiger partial charge is 0.346 e. The molecule has 1 aromatic heterocycles. The summed E-state index contributed by atoms with van der Waals surface area (Å²) in [6.45, 7) is 8.59. The van der Waals surface area contributed by atoms with Crippen molar-refractivity contribution in [3.8, 4) is 0 Å². The number of sulfonamides is 1. The summed E-state index contributed by atoms with van der Waals surface area (Å²) in [7, 11) is -3.78. The predicted octanol–water partition coefficient (Wildman–Crippen LogP) is 2.88. The van der Waals surface area contributed by atoms with E-state index in [2.05, 4.69) is 14.6 Å². The summed E-state index contributed by atoms with van der Waals surface area (Å²) < 4.78 is 28.5. The third-order valence-corrected chi connectivity index (χ3v) is 7.45. The van der Waals surface area contributed by atoms with Gasteiger partial charge in [0, 0.05) is 37.8 Å². The lowest BCUT2D eigenvalue weighted by Crippen LogP contribution is -2.50. The highest BCUT2D eigenvalue weighted by Crippen LogP contribution is 2.20. The lowest BCUT2D eigenvalue weighted by Gasteiger charge is -2.28. The molecule has 3 rings (SSSR count). The van der Waals surface area contributed by atoms with E-state index < -0.39 is 16.1 Å². The molecule has 0 spiro atoms. The molecule has 1 N–H and O–H groups in total. The van der Waals surface area contributed by atoms with Crippen LogP contribution in [0.5, 0.6) is 0 Å². The van der Waals surface area contributed by atoms with Gasteiger partial charge in [0.25, 0.3) is 0 Å². The molecule has 1 amide bonds. The van der Waals surface area contributed by atoms with Gasteiger partial charge in [0.2, 0.25) is 15.9 Å². The van der Waals surface area contributed by atoms with Crippen LogP contribution in [0, 0.1) is 12.8 Å². The molecule has 1 atom stereocenters. The van der Waals surface area contributed by atoms with Gasteiger partial charge in [0.1, 0.15) is 6.04 Å². The van der Waals surface area contributed by atoms with Crippen molar-refractivity contribution in [2.75, 3.05) is 31.1 Å². The molecular formula is C21H30N4O3S2. The Kier molecular flexibility index (Phi) is 7.49. The molecule has 2 aromatic rings. The summed E-state index contributed by atoms with van der Waals surface area (Å²) in [5, 5.41) is 2.91. The maximum absolute atomic E-state index is 13.3. The Morgan fingerprint density at radius 1 is 1.17 bits per heavy atom. The molecule has 7 nitrogen and oxygen atoms in total. The number of carbonyl (C=O) groups excluding carboxylic acids is 1. The lowest BCUT2D eigenvalue weighted by molar-refractivity contribution is -0.133. The number of benzene rings is 1. The zero-order chi connectivity index (χ0) is 21.7. The van der Waals surface area contributed by atoms with Crippen LogP contribution < -0.4 is 9.62 Å². The van der Waals surface area contributed by atoms with Gasteiger partial charge in [-0.3, -0.25) is 4.79 Å². The van der Waals surface area contributed by atoms with Crippen molar-refractivity contribution in [3.63, 3.8) is 0 Å². The lowest BCUT2D eigenvalue weighted by atomic mass is 10.0. The van der Waals surface area contributed by atoms with E-state index in [9.17, 15) is 13.2 Å². The molecule has 1 aromatic carbocycles. The molecule has 1 aliphatic heterocycles. The van der Waals surface area contributed by atoms with Crippen LogP contribution in [-0.4, -0.2) is 56.4 Å². The van der Waals surface area contributed by atoms with Gasteiger partial charge >= 0.3 is 0 Å². The van der Waals surface area contributed by atoms with Crippen molar-refractivity contribution < 1.29 is 13.2 Å². The second-order valence-corrected chi connectivity index (χ2v) is 10.7. The molecule has 1 saturated heterocycles. The van der Waals surface area contributed by atoms with Gasteiger partial charge in [-0.05, 0) is 37.8 Å². The highest BCUT2D eigenvalue weighted by Gasteiger charge is 2.31. The Bertz CT molecular complexity index is 928. The number of amides is 1. The molecule has 0 saturated carbocycles. The van der Waals surface area contributed by atoms with Gasteiger partial charge in [-0.1, -0.05) is 31.5 Å². The van der Waals surface area contributed by atoms with Crippen LogP contribution in [0.25, 0.3) is 0 Å². The zero-order valence-electron chi connectivity index (χ0n) is 17.7. The summed E-state index contributed by atoms with van der Waals surface area (Å²) in [6.07, 6.45) is 3.06. The molecule has 30 heavy (non-hydrogen) atoms. The van der Waals surface area contributed by atoms with Crippen molar-refractivity contribution in [2.24, 2.45) is 5.92 Å². The van der Waals surface area contributed by atoms with E-state index in [4.69, 9.17) is 0 Å². The van der Waals surface area contributed by atoms with Crippen LogP contribution in [0.1, 0.15) is 32.3 Å². The first kappa shape index (κ1) is 22.7. The highest BCUT2D eigenvalue weighted by atomic mass is 32.2. The summed E-state index contributed by atoms with van der Waals surface area (Å²) in [4.78, 5) is 21.8. The Hall–Kier alpha value is -1.97. The quantitative estimate of drug-likeness (QED) is 0.701. The van der Waals surface area contributed by atoms with Crippen molar-refractivity contribution in [1.82, 2.24) is 14.6 Å². The van der Waals surface area contributed by atoms with E-state index >= 15 is 0 Å². The Balaban J connectivity index is 1.72. The molecule has 0 radical (unpaired) electrons. The fourth-order valence-corrected chi connectivity index (χ4v) is 5.46. The Morgan fingerprint density at radius 3 is 2.53 bits per heavy atom. The molecule has 0 bridgehead atoms. The topological polar surface area (TPSA) is 82.6 Å². The van der Waals surface area contributed by atoms with E-state index in [0.29, 0.717) is 26.1 Å². The van der Waals surface area contributed by atoms with Crippen molar-refractivity contribution >= 4 is 32.4 Å². The molecule has 2 heterocycles. The summed E-state index contributed by atoms with van der Waals surface area (Å²) >= 11 is 1.59. The molecule has 1 unspecified atom stereocenters. The number of nitrogens with one attached hydrogen (secondary N) is 1. The SMILES string of the molecule is Cc1ccc(S(=O)(=O)NC(CC(C)C)C(=O)N2CCCN(c3nccs3)CC2)cc1. The van der Waals surface area contributed by atoms with Crippen LogP contribution in [0.4, 0.5) is 5.13 Å². The first-order valence-corrected chi connectivity index (χ1v) is 12.6. The van der Waals surface area contributed by atoms with E-state index in [-0.39, 0.29) is 16.7 Å². The highest BCUT2D eigenvalue weighted by molar-refractivity contribution is 7.89. The second kappa shape index (κ2) is 9.89. The number of aryl methyl sites for hydroxylation is 1. The first-order valence-electron chi connectivity index (χ1n) is 10.3. The number of anilines is 1. The van der Waals surface area contributed by atoms with Gasteiger partial charge in [0.15, 0.2) is 5.13 Å². The number of aromatic nitrogens is 1. The Morgan fingerprint density at radius 2 is 1.90 bits per heavy atom. The number of hydrogen-bond acceptors (Lipinski definition) is 6. The van der Waals surface area contributed by atoms with Crippen molar-refractivity contribution in [3.05, 3.63) is 41.4 Å². The van der Waals surface area contributed by atoms with E-state index in [1.807, 2.05) is 26.2 Å². The van der Waals surface area contributed by atoms with Crippen LogP contribution >= 0.6 is 11.3 Å². The van der Waals surface area contributed by atoms with Crippen LogP contribution in [0.15, 0.2) is 40.7 Å². The second-order valence-electron chi connectivity index (χ2n) is 8.10. The van der Waals surface area contributed by atoms with Crippen LogP contribution in [0.3, 0.4) is 0 Å². The zero-order valence-corrected chi connectivity index (χ0v) is 19.4. The standard InChI is InChI=1S/C21H30N4O3S2/c1-16(2)15-19(23-30(27,28)18-7-5-17(3)6-8-18)20(26)24-10-4-11-25(13-12-24)21-22-9-14-29-21/h5-9,14,16,19,23H,4,10-13,15H2,1-3H3. The first-order chi connectivity index (χ1) is 14.3. The van der Waals surface area contributed by atoms with Gasteiger partial charge in [-0.2, -0.15) is 4.72 Å². The predicted molar refractivity (Wildman–Crippen MR) is 120 cm³/mol. The molecule has 1 fully saturated rings.